The van der Waals surface area contributed by atoms with Crippen molar-refractivity contribution < 1.29 is 4.74 Å². The van der Waals surface area contributed by atoms with E-state index in [0.717, 1.165) is 16.9 Å². The third-order valence-electron chi connectivity index (χ3n) is 3.05. The Labute approximate surface area is 121 Å². The van der Waals surface area contributed by atoms with E-state index in [-0.39, 0.29) is 0 Å². The van der Waals surface area contributed by atoms with Crippen LogP contribution in [-0.2, 0) is 0 Å². The van der Waals surface area contributed by atoms with Crippen molar-refractivity contribution in [3.63, 3.8) is 0 Å². The van der Waals surface area contributed by atoms with Gasteiger partial charge >= 0.3 is 0 Å². The lowest BCUT2D eigenvalue weighted by Crippen LogP contribution is -2.09. The number of fused-ring (bicyclic) bond motifs is 1. The van der Waals surface area contributed by atoms with Gasteiger partial charge in [0.05, 0.1) is 18.9 Å². The summed E-state index contributed by atoms with van der Waals surface area (Å²) < 4.78 is 6.82. The van der Waals surface area contributed by atoms with Crippen LogP contribution in [0, 0.1) is 0 Å². The van der Waals surface area contributed by atoms with Crippen LogP contribution in [-0.4, -0.2) is 26.7 Å². The Morgan fingerprint density at radius 2 is 1.95 bits per heavy atom. The van der Waals surface area contributed by atoms with E-state index < -0.39 is 0 Å². The van der Waals surface area contributed by atoms with Gasteiger partial charge in [0.2, 0.25) is 0 Å². The summed E-state index contributed by atoms with van der Waals surface area (Å²) in [5.41, 5.74) is 8.96. The minimum atomic E-state index is 0.296. The molecule has 2 heterocycles. The molecule has 0 fully saturated rings. The number of nitrogens with zero attached hydrogens (tertiary/aromatic N) is 3. The number of rotatable bonds is 3. The minimum Gasteiger partial charge on any atom is -0.497 e. The average molecular weight is 284 g/mol. The Hall–Kier alpha value is -2.47. The van der Waals surface area contributed by atoms with Gasteiger partial charge in [-0.1, -0.05) is 24.4 Å². The zero-order chi connectivity index (χ0) is 14.1. The molecule has 0 amide bonds. The van der Waals surface area contributed by atoms with Crippen molar-refractivity contribution in [2.45, 2.75) is 0 Å². The smallest absolute Gasteiger partial charge is 0.165 e. The molecule has 0 spiro atoms. The second-order valence-electron chi connectivity index (χ2n) is 4.26. The van der Waals surface area contributed by atoms with Crippen LogP contribution in [0.3, 0.4) is 0 Å². The molecule has 0 radical (unpaired) electrons. The molecule has 0 aliphatic rings. The summed E-state index contributed by atoms with van der Waals surface area (Å²) in [4.78, 5) is 4.68. The number of methoxy groups -OCH3 is 1. The molecular formula is C14H12N4OS. The maximum atomic E-state index is 5.63. The second kappa shape index (κ2) is 4.90. The number of hydrogen-bond acceptors (Lipinski definition) is 4. The van der Waals surface area contributed by atoms with Gasteiger partial charge in [0.15, 0.2) is 5.65 Å². The van der Waals surface area contributed by atoms with Gasteiger partial charge in [-0.25, -0.2) is 9.50 Å². The second-order valence-corrected chi connectivity index (χ2v) is 4.70. The fourth-order valence-corrected chi connectivity index (χ4v) is 2.13. The molecule has 0 bridgehead atoms. The number of nitrogens with two attached hydrogens (primary N) is 1. The van der Waals surface area contributed by atoms with Crippen molar-refractivity contribution in [3.05, 3.63) is 48.4 Å². The number of ether oxygens (including phenoxy) is 1. The van der Waals surface area contributed by atoms with Gasteiger partial charge in [0.25, 0.3) is 0 Å². The first kappa shape index (κ1) is 12.6. The van der Waals surface area contributed by atoms with Crippen LogP contribution in [0.2, 0.25) is 0 Å². The van der Waals surface area contributed by atoms with Gasteiger partial charge < -0.3 is 10.5 Å². The van der Waals surface area contributed by atoms with Crippen LogP contribution in [0.25, 0.3) is 16.8 Å². The summed E-state index contributed by atoms with van der Waals surface area (Å²) in [6.07, 6.45) is 5.30. The van der Waals surface area contributed by atoms with E-state index in [4.69, 9.17) is 22.7 Å². The Kier molecular flexibility index (Phi) is 3.08. The molecule has 2 N–H and O–H groups in total. The first-order chi connectivity index (χ1) is 9.69. The zero-order valence-corrected chi connectivity index (χ0v) is 11.6. The minimum absolute atomic E-state index is 0.296. The first-order valence-corrected chi connectivity index (χ1v) is 6.37. The third-order valence-corrected chi connectivity index (χ3v) is 3.27. The summed E-state index contributed by atoms with van der Waals surface area (Å²) in [6.45, 7) is 0. The summed E-state index contributed by atoms with van der Waals surface area (Å²) in [7, 11) is 1.64. The summed E-state index contributed by atoms with van der Waals surface area (Å²) >= 11 is 4.97. The average Bonchev–Trinajstić information content (AvgIpc) is 2.90. The Bertz CT molecular complexity index is 779. The van der Waals surface area contributed by atoms with Crippen molar-refractivity contribution in [2.24, 2.45) is 5.73 Å². The van der Waals surface area contributed by atoms with Gasteiger partial charge in [0.1, 0.15) is 10.7 Å². The summed E-state index contributed by atoms with van der Waals surface area (Å²) in [5.74, 6) is 0.817. The van der Waals surface area contributed by atoms with E-state index in [9.17, 15) is 0 Å². The third kappa shape index (κ3) is 2.10. The highest BCUT2D eigenvalue weighted by Crippen LogP contribution is 2.22. The van der Waals surface area contributed by atoms with Crippen LogP contribution in [0.1, 0.15) is 5.56 Å². The number of aromatic nitrogens is 3. The van der Waals surface area contributed by atoms with E-state index in [1.54, 1.807) is 24.0 Å². The fourth-order valence-electron chi connectivity index (χ4n) is 1.98. The lowest BCUT2D eigenvalue weighted by Gasteiger charge is -2.04. The van der Waals surface area contributed by atoms with Crippen molar-refractivity contribution in [3.8, 4) is 16.9 Å². The Balaban J connectivity index is 2.06. The lowest BCUT2D eigenvalue weighted by atomic mass is 10.1. The highest BCUT2D eigenvalue weighted by atomic mass is 32.1. The van der Waals surface area contributed by atoms with Crippen LogP contribution in [0.5, 0.6) is 5.75 Å². The normalized spacial score (nSPS) is 10.7. The van der Waals surface area contributed by atoms with Gasteiger partial charge in [-0.15, -0.1) is 0 Å². The highest BCUT2D eigenvalue weighted by molar-refractivity contribution is 7.80. The molecular weight excluding hydrogens is 272 g/mol. The summed E-state index contributed by atoms with van der Waals surface area (Å²) in [5, 5.41) is 4.22. The monoisotopic (exact) mass is 284 g/mol. The molecule has 0 unspecified atom stereocenters. The Morgan fingerprint density at radius 1 is 1.20 bits per heavy atom. The fraction of sp³-hybridized carbons (Fsp3) is 0.0714. The van der Waals surface area contributed by atoms with Crippen molar-refractivity contribution in [1.29, 1.82) is 0 Å². The van der Waals surface area contributed by atoms with Crippen molar-refractivity contribution in [1.82, 2.24) is 14.6 Å². The molecule has 3 aromatic rings. The molecule has 1 aromatic carbocycles. The molecule has 3 rings (SSSR count). The molecule has 100 valence electrons. The predicted octanol–water partition coefficient (Wildman–Crippen LogP) is 2.04. The molecule has 0 aliphatic heterocycles. The largest absolute Gasteiger partial charge is 0.497 e. The highest BCUT2D eigenvalue weighted by Gasteiger charge is 2.09. The van der Waals surface area contributed by atoms with E-state index in [1.807, 2.05) is 30.5 Å². The molecule has 0 aliphatic carbocycles. The van der Waals surface area contributed by atoms with Gasteiger partial charge in [-0.3, -0.25) is 0 Å². The Morgan fingerprint density at radius 3 is 2.60 bits per heavy atom. The van der Waals surface area contributed by atoms with Gasteiger partial charge in [-0.2, -0.15) is 5.10 Å². The van der Waals surface area contributed by atoms with Crippen LogP contribution < -0.4 is 10.5 Å². The van der Waals surface area contributed by atoms with E-state index in [2.05, 4.69) is 10.1 Å². The van der Waals surface area contributed by atoms with E-state index in [1.165, 1.54) is 0 Å². The molecule has 0 saturated heterocycles. The topological polar surface area (TPSA) is 65.4 Å². The summed E-state index contributed by atoms with van der Waals surface area (Å²) in [6, 6.07) is 7.76. The molecule has 0 atom stereocenters. The SMILES string of the molecule is COc1ccc(-c2cnc3c(C(N)=S)cnn3c2)cc1. The number of thiocarbonyl (C=S) groups is 1. The standard InChI is InChI=1S/C14H12N4OS/c1-19-11-4-2-9(3-5-11)10-6-16-14-12(13(15)20)7-17-18(14)8-10/h2-8H,1H3,(H2,15,20). The molecule has 6 heteroatoms. The van der Waals surface area contributed by atoms with Crippen molar-refractivity contribution in [2.75, 3.05) is 7.11 Å². The van der Waals surface area contributed by atoms with Crippen LogP contribution in [0.4, 0.5) is 0 Å². The van der Waals surface area contributed by atoms with Gasteiger partial charge in [0, 0.05) is 18.0 Å². The number of benzene rings is 1. The van der Waals surface area contributed by atoms with Crippen molar-refractivity contribution >= 4 is 22.9 Å². The first-order valence-electron chi connectivity index (χ1n) is 5.96. The van der Waals surface area contributed by atoms with E-state index in [0.29, 0.717) is 16.2 Å². The molecule has 5 nitrogen and oxygen atoms in total. The van der Waals surface area contributed by atoms with Crippen LogP contribution >= 0.6 is 12.2 Å². The number of hydrogen-bond donors (Lipinski definition) is 1. The van der Waals surface area contributed by atoms with E-state index >= 15 is 0 Å². The molecule has 20 heavy (non-hydrogen) atoms. The quantitative estimate of drug-likeness (QED) is 0.746. The molecule has 2 aromatic heterocycles. The zero-order valence-electron chi connectivity index (χ0n) is 10.8. The lowest BCUT2D eigenvalue weighted by molar-refractivity contribution is 0.415. The maximum absolute atomic E-state index is 5.63. The molecule has 0 saturated carbocycles. The maximum Gasteiger partial charge on any atom is 0.165 e. The predicted molar refractivity (Wildman–Crippen MR) is 80.9 cm³/mol. The van der Waals surface area contributed by atoms with Gasteiger partial charge in [-0.05, 0) is 17.7 Å². The van der Waals surface area contributed by atoms with Crippen LogP contribution in [0.15, 0.2) is 42.9 Å².